The highest BCUT2D eigenvalue weighted by molar-refractivity contribution is 7.89. The van der Waals surface area contributed by atoms with Gasteiger partial charge in [0.1, 0.15) is 0 Å². The number of carbonyl (C=O) groups excluding carboxylic acids is 1. The Bertz CT molecular complexity index is 989. The van der Waals surface area contributed by atoms with E-state index in [2.05, 4.69) is 5.32 Å². The highest BCUT2D eigenvalue weighted by Crippen LogP contribution is 2.25. The Labute approximate surface area is 149 Å². The maximum Gasteiger partial charge on any atom is 0.255 e. The molecule has 0 bridgehead atoms. The van der Waals surface area contributed by atoms with E-state index in [0.717, 1.165) is 16.4 Å². The first-order valence-electron chi connectivity index (χ1n) is 7.45. The van der Waals surface area contributed by atoms with E-state index < -0.39 is 39.1 Å². The Morgan fingerprint density at radius 3 is 2.23 bits per heavy atom. The van der Waals surface area contributed by atoms with E-state index in [-0.39, 0.29) is 10.5 Å². The monoisotopic (exact) mass is 386 g/mol. The van der Waals surface area contributed by atoms with Gasteiger partial charge in [-0.25, -0.2) is 25.9 Å². The lowest BCUT2D eigenvalue weighted by atomic mass is 10.1. The van der Waals surface area contributed by atoms with Crippen LogP contribution >= 0.6 is 0 Å². The number of halogens is 3. The van der Waals surface area contributed by atoms with Crippen molar-refractivity contribution in [2.75, 3.05) is 19.4 Å². The predicted octanol–water partition coefficient (Wildman–Crippen LogP) is 3.22. The third kappa shape index (κ3) is 3.58. The number of rotatable bonds is 4. The van der Waals surface area contributed by atoms with Crippen molar-refractivity contribution in [2.24, 2.45) is 0 Å². The Morgan fingerprint density at radius 2 is 1.65 bits per heavy atom. The number of nitrogens with one attached hydrogen (secondary N) is 1. The van der Waals surface area contributed by atoms with Gasteiger partial charge in [0.2, 0.25) is 10.0 Å². The molecule has 0 aromatic heterocycles. The van der Waals surface area contributed by atoms with E-state index in [4.69, 9.17) is 0 Å². The number of nitrogens with zero attached hydrogens (tertiary/aromatic N) is 1. The zero-order valence-electron chi connectivity index (χ0n) is 14.5. The molecule has 0 heterocycles. The smallest absolute Gasteiger partial charge is 0.255 e. The molecule has 140 valence electrons. The SMILES string of the molecule is Cc1cc(C(=O)Nc2ccc(F)c(F)c2F)cc(S(=O)(=O)N(C)C)c1C. The second-order valence-electron chi connectivity index (χ2n) is 5.88. The maximum absolute atomic E-state index is 13.7. The first-order chi connectivity index (χ1) is 12.0. The van der Waals surface area contributed by atoms with Gasteiger partial charge in [-0.3, -0.25) is 4.79 Å². The summed E-state index contributed by atoms with van der Waals surface area (Å²) >= 11 is 0. The summed E-state index contributed by atoms with van der Waals surface area (Å²) in [5.41, 5.74) is 0.389. The summed E-state index contributed by atoms with van der Waals surface area (Å²) in [4.78, 5) is 12.3. The topological polar surface area (TPSA) is 66.5 Å². The van der Waals surface area contributed by atoms with Gasteiger partial charge in [-0.15, -0.1) is 0 Å². The number of sulfonamides is 1. The summed E-state index contributed by atoms with van der Waals surface area (Å²) in [6.07, 6.45) is 0. The minimum Gasteiger partial charge on any atom is -0.319 e. The summed E-state index contributed by atoms with van der Waals surface area (Å²) in [6.45, 7) is 3.22. The van der Waals surface area contributed by atoms with Gasteiger partial charge < -0.3 is 5.32 Å². The molecular weight excluding hydrogens is 369 g/mol. The zero-order chi connectivity index (χ0) is 19.8. The van der Waals surface area contributed by atoms with Crippen LogP contribution in [0.3, 0.4) is 0 Å². The van der Waals surface area contributed by atoms with Crippen molar-refractivity contribution in [3.05, 3.63) is 58.4 Å². The number of anilines is 1. The Morgan fingerprint density at radius 1 is 1.04 bits per heavy atom. The summed E-state index contributed by atoms with van der Waals surface area (Å²) in [5, 5.41) is 2.12. The summed E-state index contributed by atoms with van der Waals surface area (Å²) in [6, 6.07) is 4.14. The van der Waals surface area contributed by atoms with Crippen molar-refractivity contribution in [1.82, 2.24) is 4.31 Å². The third-order valence-corrected chi connectivity index (χ3v) is 5.87. The van der Waals surface area contributed by atoms with Gasteiger partial charge >= 0.3 is 0 Å². The predicted molar refractivity (Wildman–Crippen MR) is 91.1 cm³/mol. The fourth-order valence-electron chi connectivity index (χ4n) is 2.24. The molecule has 0 aliphatic heterocycles. The molecular formula is C17H17F3N2O3S. The van der Waals surface area contributed by atoms with E-state index in [1.165, 1.54) is 20.2 Å². The van der Waals surface area contributed by atoms with Crippen LogP contribution < -0.4 is 5.32 Å². The quantitative estimate of drug-likeness (QED) is 0.821. The van der Waals surface area contributed by atoms with Gasteiger partial charge in [-0.05, 0) is 49.2 Å². The van der Waals surface area contributed by atoms with Crippen molar-refractivity contribution in [3.8, 4) is 0 Å². The van der Waals surface area contributed by atoms with Crippen molar-refractivity contribution >= 4 is 21.6 Å². The van der Waals surface area contributed by atoms with Crippen LogP contribution in [0.1, 0.15) is 21.5 Å². The molecule has 5 nitrogen and oxygen atoms in total. The van der Waals surface area contributed by atoms with E-state index in [9.17, 15) is 26.4 Å². The highest BCUT2D eigenvalue weighted by Gasteiger charge is 2.23. The molecule has 0 aliphatic carbocycles. The van der Waals surface area contributed by atoms with Gasteiger partial charge in [-0.2, -0.15) is 0 Å². The number of hydrogen-bond acceptors (Lipinski definition) is 3. The lowest BCUT2D eigenvalue weighted by molar-refractivity contribution is 0.102. The van der Waals surface area contributed by atoms with Crippen LogP contribution in [0.2, 0.25) is 0 Å². The first kappa shape index (κ1) is 19.9. The van der Waals surface area contributed by atoms with Crippen molar-refractivity contribution < 1.29 is 26.4 Å². The number of amides is 1. The van der Waals surface area contributed by atoms with Gasteiger partial charge in [0.05, 0.1) is 10.6 Å². The van der Waals surface area contributed by atoms with Crippen molar-refractivity contribution in [3.63, 3.8) is 0 Å². The number of benzene rings is 2. The van der Waals surface area contributed by atoms with E-state index in [1.807, 2.05) is 0 Å². The largest absolute Gasteiger partial charge is 0.319 e. The fourth-order valence-corrected chi connectivity index (χ4v) is 3.46. The molecule has 0 unspecified atom stereocenters. The lowest BCUT2D eigenvalue weighted by Gasteiger charge is -2.16. The number of carbonyl (C=O) groups is 1. The highest BCUT2D eigenvalue weighted by atomic mass is 32.2. The number of aryl methyl sites for hydroxylation is 1. The molecule has 9 heteroatoms. The first-order valence-corrected chi connectivity index (χ1v) is 8.89. The van der Waals surface area contributed by atoms with Crippen LogP contribution in [0.25, 0.3) is 0 Å². The van der Waals surface area contributed by atoms with Crippen molar-refractivity contribution in [1.29, 1.82) is 0 Å². The average Bonchev–Trinajstić information content (AvgIpc) is 2.57. The minimum atomic E-state index is -3.81. The normalized spacial score (nSPS) is 11.7. The molecule has 0 atom stereocenters. The van der Waals surface area contributed by atoms with Gasteiger partial charge in [-0.1, -0.05) is 0 Å². The van der Waals surface area contributed by atoms with Crippen LogP contribution in [-0.4, -0.2) is 32.7 Å². The van der Waals surface area contributed by atoms with Crippen LogP contribution in [0.4, 0.5) is 18.9 Å². The van der Waals surface area contributed by atoms with Crippen LogP contribution in [-0.2, 0) is 10.0 Å². The molecule has 26 heavy (non-hydrogen) atoms. The molecule has 0 saturated carbocycles. The second kappa shape index (κ2) is 7.08. The van der Waals surface area contributed by atoms with E-state index in [1.54, 1.807) is 13.8 Å². The molecule has 1 N–H and O–H groups in total. The summed E-state index contributed by atoms with van der Waals surface area (Å²) < 4.78 is 65.8. The van der Waals surface area contributed by atoms with Crippen LogP contribution in [0.5, 0.6) is 0 Å². The molecule has 0 spiro atoms. The molecule has 1 amide bonds. The Hall–Kier alpha value is -2.39. The fraction of sp³-hybridized carbons (Fsp3) is 0.235. The summed E-state index contributed by atoms with van der Waals surface area (Å²) in [5.74, 6) is -5.48. The molecule has 2 aromatic carbocycles. The maximum atomic E-state index is 13.7. The van der Waals surface area contributed by atoms with Crippen LogP contribution in [0, 0.1) is 31.3 Å². The molecule has 0 aliphatic rings. The third-order valence-electron chi connectivity index (χ3n) is 3.92. The van der Waals surface area contributed by atoms with Gasteiger partial charge in [0, 0.05) is 19.7 Å². The standard InChI is InChI=1S/C17H17F3N2O3S/c1-9-7-11(8-14(10(9)2)26(24,25)22(3)4)17(23)21-13-6-5-12(18)15(19)16(13)20/h5-8H,1-4H3,(H,21,23). The number of hydrogen-bond donors (Lipinski definition) is 1. The average molecular weight is 386 g/mol. The molecule has 0 saturated heterocycles. The molecule has 0 radical (unpaired) electrons. The zero-order valence-corrected chi connectivity index (χ0v) is 15.3. The molecule has 2 rings (SSSR count). The Kier molecular flexibility index (Phi) is 5.43. The van der Waals surface area contributed by atoms with E-state index >= 15 is 0 Å². The Balaban J connectivity index is 2.48. The van der Waals surface area contributed by atoms with Crippen LogP contribution in [0.15, 0.2) is 29.2 Å². The summed E-state index contributed by atoms with van der Waals surface area (Å²) in [7, 11) is -1.10. The lowest BCUT2D eigenvalue weighted by Crippen LogP contribution is -2.24. The minimum absolute atomic E-state index is 0.0577. The molecule has 0 fully saturated rings. The van der Waals surface area contributed by atoms with Gasteiger partial charge in [0.25, 0.3) is 5.91 Å². The van der Waals surface area contributed by atoms with Gasteiger partial charge in [0.15, 0.2) is 17.5 Å². The molecule has 2 aromatic rings. The van der Waals surface area contributed by atoms with Crippen molar-refractivity contribution in [2.45, 2.75) is 18.7 Å². The second-order valence-corrected chi connectivity index (χ2v) is 8.00. The van der Waals surface area contributed by atoms with E-state index in [0.29, 0.717) is 17.2 Å².